The first kappa shape index (κ1) is 19.2. The highest BCUT2D eigenvalue weighted by Gasteiger charge is 2.23. The zero-order valence-electron chi connectivity index (χ0n) is 16.2. The van der Waals surface area contributed by atoms with Crippen LogP contribution in [0.1, 0.15) is 53.5 Å². The van der Waals surface area contributed by atoms with Crippen LogP contribution < -0.4 is 0 Å². The molecule has 25 heavy (non-hydrogen) atoms. The molecule has 2 rings (SSSR count). The average molecular weight is 343 g/mol. The van der Waals surface area contributed by atoms with Gasteiger partial charge in [0.15, 0.2) is 6.73 Å². The van der Waals surface area contributed by atoms with Crippen molar-refractivity contribution in [1.29, 1.82) is 0 Å². The lowest BCUT2D eigenvalue weighted by Crippen LogP contribution is -2.23. The molecule has 0 N–H and O–H groups in total. The third-order valence-electron chi connectivity index (χ3n) is 4.25. The zero-order valence-corrected chi connectivity index (χ0v) is 16.2. The smallest absolute Gasteiger partial charge is 0.312 e. The monoisotopic (exact) mass is 343 g/mol. The Hall–Kier alpha value is -2.17. The fraction of sp³-hybridized carbons (Fsp3) is 0.550. The summed E-state index contributed by atoms with van der Waals surface area (Å²) >= 11 is 0. The van der Waals surface area contributed by atoms with Crippen LogP contribution in [-0.2, 0) is 16.3 Å². The molecule has 1 aliphatic rings. The van der Waals surface area contributed by atoms with Gasteiger partial charge in [-0.1, -0.05) is 6.92 Å². The molecule has 2 heterocycles. The van der Waals surface area contributed by atoms with Crippen molar-refractivity contribution >= 4 is 29.8 Å². The van der Waals surface area contributed by atoms with E-state index in [1.165, 1.54) is 11.1 Å². The molecule has 0 aromatic carbocycles. The molecule has 0 bridgehead atoms. The summed E-state index contributed by atoms with van der Waals surface area (Å²) in [7, 11) is 0. The summed E-state index contributed by atoms with van der Waals surface area (Å²) in [6.07, 6.45) is 6.68. The minimum atomic E-state index is -0.517. The van der Waals surface area contributed by atoms with E-state index in [4.69, 9.17) is 4.74 Å². The van der Waals surface area contributed by atoms with E-state index < -0.39 is 5.41 Å². The van der Waals surface area contributed by atoms with Crippen molar-refractivity contribution in [2.45, 2.75) is 54.7 Å². The fourth-order valence-electron chi connectivity index (χ4n) is 2.73. The van der Waals surface area contributed by atoms with Gasteiger partial charge in [0, 0.05) is 30.7 Å². The zero-order chi connectivity index (χ0) is 18.6. The second-order valence-corrected chi connectivity index (χ2v) is 7.67. The first-order valence-corrected chi connectivity index (χ1v) is 8.79. The van der Waals surface area contributed by atoms with E-state index in [9.17, 15) is 4.79 Å². The molecule has 5 nitrogen and oxygen atoms in total. The van der Waals surface area contributed by atoms with Gasteiger partial charge in [-0.15, -0.1) is 0 Å². The van der Waals surface area contributed by atoms with Crippen molar-refractivity contribution in [2.24, 2.45) is 21.3 Å². The van der Waals surface area contributed by atoms with Gasteiger partial charge in [-0.05, 0) is 64.2 Å². The summed E-state index contributed by atoms with van der Waals surface area (Å²) < 4.78 is 7.31. The number of hydrogen-bond donors (Lipinski definition) is 0. The molecule has 0 saturated heterocycles. The van der Waals surface area contributed by atoms with Crippen LogP contribution in [0.25, 0.3) is 5.57 Å². The largest absolute Gasteiger partial charge is 0.443 e. The molecule has 0 aliphatic carbocycles. The molecule has 5 heteroatoms. The Balaban J connectivity index is 2.30. The third kappa shape index (κ3) is 4.68. The van der Waals surface area contributed by atoms with E-state index in [2.05, 4.69) is 23.8 Å². The van der Waals surface area contributed by atoms with Gasteiger partial charge in [-0.2, -0.15) is 0 Å². The lowest BCUT2D eigenvalue weighted by atomic mass is 9.93. The number of carbonyl (C=O) groups is 1. The highest BCUT2D eigenvalue weighted by Crippen LogP contribution is 2.32. The third-order valence-corrected chi connectivity index (χ3v) is 4.25. The van der Waals surface area contributed by atoms with Gasteiger partial charge in [-0.3, -0.25) is 14.4 Å². The topological polar surface area (TPSA) is 55.9 Å². The van der Waals surface area contributed by atoms with E-state index in [0.717, 1.165) is 24.3 Å². The van der Waals surface area contributed by atoms with Crippen LogP contribution in [0.2, 0.25) is 0 Å². The van der Waals surface area contributed by atoms with Gasteiger partial charge in [0.1, 0.15) is 5.82 Å². The molecule has 0 saturated carbocycles. The summed E-state index contributed by atoms with van der Waals surface area (Å²) in [5, 5.41) is 0. The molecule has 136 valence electrons. The molecule has 0 fully saturated rings. The van der Waals surface area contributed by atoms with Crippen LogP contribution in [0.3, 0.4) is 0 Å². The summed E-state index contributed by atoms with van der Waals surface area (Å²) in [5.74, 6) is 1.14. The number of rotatable bonds is 4. The molecule has 1 aromatic heterocycles. The normalized spacial score (nSPS) is 20.2. The van der Waals surface area contributed by atoms with Crippen molar-refractivity contribution < 1.29 is 9.53 Å². The van der Waals surface area contributed by atoms with Crippen molar-refractivity contribution in [3.05, 3.63) is 23.4 Å². The Morgan fingerprint density at radius 1 is 1.48 bits per heavy atom. The van der Waals surface area contributed by atoms with Gasteiger partial charge in [0.05, 0.1) is 5.41 Å². The maximum Gasteiger partial charge on any atom is 0.312 e. The van der Waals surface area contributed by atoms with Crippen LogP contribution in [0.5, 0.6) is 0 Å². The van der Waals surface area contributed by atoms with Gasteiger partial charge in [-0.25, -0.2) is 4.99 Å². The maximum absolute atomic E-state index is 12.0. The minimum absolute atomic E-state index is 0.163. The predicted octanol–water partition coefficient (Wildman–Crippen LogP) is 4.64. The standard InChI is InChI=1S/C20H29N3O2/c1-7-22-18-17(15(3)16-10-14(2)11-21-12-16)8-9-23(18)13-25-19(24)20(4,5)6/h7-9,12,14H,10-11,13H2,1-6H3/b16-15-,22-7?. The van der Waals surface area contributed by atoms with Gasteiger partial charge >= 0.3 is 5.97 Å². The lowest BCUT2D eigenvalue weighted by Gasteiger charge is -2.18. The minimum Gasteiger partial charge on any atom is -0.443 e. The Morgan fingerprint density at radius 2 is 2.20 bits per heavy atom. The molecule has 1 atom stereocenters. The Kier molecular flexibility index (Phi) is 5.98. The van der Waals surface area contributed by atoms with Crippen LogP contribution in [0.15, 0.2) is 27.8 Å². The summed E-state index contributed by atoms with van der Waals surface area (Å²) in [6, 6.07) is 2.03. The van der Waals surface area contributed by atoms with Crippen LogP contribution in [0, 0.1) is 11.3 Å². The first-order chi connectivity index (χ1) is 11.7. The molecular weight excluding hydrogens is 314 g/mol. The molecule has 0 radical (unpaired) electrons. The highest BCUT2D eigenvalue weighted by molar-refractivity contribution is 5.93. The molecule has 1 aliphatic heterocycles. The number of nitrogens with zero attached hydrogens (tertiary/aromatic N) is 3. The van der Waals surface area contributed by atoms with Crippen molar-refractivity contribution in [3.63, 3.8) is 0 Å². The Labute approximate surface area is 150 Å². The maximum atomic E-state index is 12.0. The van der Waals surface area contributed by atoms with Gasteiger partial charge < -0.3 is 4.74 Å². The van der Waals surface area contributed by atoms with Gasteiger partial charge in [0.25, 0.3) is 0 Å². The van der Waals surface area contributed by atoms with Crippen molar-refractivity contribution in [1.82, 2.24) is 4.57 Å². The van der Waals surface area contributed by atoms with E-state index in [1.807, 2.05) is 50.7 Å². The summed E-state index contributed by atoms with van der Waals surface area (Å²) in [5.41, 5.74) is 2.96. The fourth-order valence-corrected chi connectivity index (χ4v) is 2.73. The van der Waals surface area contributed by atoms with Crippen molar-refractivity contribution in [3.8, 4) is 0 Å². The van der Waals surface area contributed by atoms with Crippen LogP contribution in [-0.4, -0.2) is 29.5 Å². The second-order valence-electron chi connectivity index (χ2n) is 7.67. The van der Waals surface area contributed by atoms with E-state index in [1.54, 1.807) is 6.21 Å². The highest BCUT2D eigenvalue weighted by atomic mass is 16.5. The number of aromatic nitrogens is 1. The van der Waals surface area contributed by atoms with Crippen molar-refractivity contribution in [2.75, 3.05) is 6.54 Å². The number of carbonyl (C=O) groups excluding carboxylic acids is 1. The quantitative estimate of drug-likeness (QED) is 0.590. The first-order valence-electron chi connectivity index (χ1n) is 8.79. The Morgan fingerprint density at radius 3 is 2.80 bits per heavy atom. The molecule has 1 unspecified atom stereocenters. The number of hydrogen-bond acceptors (Lipinski definition) is 4. The molecule has 1 aromatic rings. The van der Waals surface area contributed by atoms with E-state index >= 15 is 0 Å². The second kappa shape index (κ2) is 7.81. The molecular formula is C20H29N3O2. The number of aliphatic imine (C=N–C) groups is 2. The Bertz CT molecular complexity index is 718. The lowest BCUT2D eigenvalue weighted by molar-refractivity contribution is -0.156. The predicted molar refractivity (Wildman–Crippen MR) is 104 cm³/mol. The van der Waals surface area contributed by atoms with Crippen LogP contribution in [0.4, 0.5) is 5.82 Å². The SMILES string of the molecule is CC=Nc1c(/C(C)=C2\C=NCC(C)C2)ccn1COC(=O)C(C)(C)C. The van der Waals surface area contributed by atoms with Gasteiger partial charge in [0.2, 0.25) is 0 Å². The average Bonchev–Trinajstić information content (AvgIpc) is 2.94. The van der Waals surface area contributed by atoms with E-state index in [0.29, 0.717) is 5.92 Å². The molecule has 0 amide bonds. The van der Waals surface area contributed by atoms with E-state index in [-0.39, 0.29) is 12.7 Å². The summed E-state index contributed by atoms with van der Waals surface area (Å²) in [4.78, 5) is 21.0. The summed E-state index contributed by atoms with van der Waals surface area (Å²) in [6.45, 7) is 12.8. The number of allylic oxidation sites excluding steroid dienone is 2. The number of esters is 1. The van der Waals surface area contributed by atoms with Crippen LogP contribution >= 0.6 is 0 Å². The molecule has 0 spiro atoms. The number of ether oxygens (including phenoxy) is 1.